The van der Waals surface area contributed by atoms with Gasteiger partial charge >= 0.3 is 12.4 Å². The number of phenols is 1. The molecule has 164 valence electrons. The van der Waals surface area contributed by atoms with Crippen molar-refractivity contribution in [2.24, 2.45) is 0 Å². The number of alkyl halides is 6. The largest absolute Gasteiger partial charge is 0.507 e. The Kier molecular flexibility index (Phi) is 5.60. The molecule has 0 radical (unpaired) electrons. The third kappa shape index (κ3) is 4.28. The molecule has 3 aromatic rings. The van der Waals surface area contributed by atoms with Gasteiger partial charge in [0, 0.05) is 11.1 Å². The van der Waals surface area contributed by atoms with E-state index in [1.165, 1.54) is 6.07 Å². The summed E-state index contributed by atoms with van der Waals surface area (Å²) in [5.74, 6) is -4.12. The molecule has 2 aromatic carbocycles. The number of carbonyl (C=O) groups excluding carboxylic acids is 1. The number of hydrogen-bond donors (Lipinski definition) is 1. The molecule has 0 spiro atoms. The lowest BCUT2D eigenvalue weighted by molar-refractivity contribution is -0.145. The van der Waals surface area contributed by atoms with E-state index in [1.54, 1.807) is 6.92 Å². The Hall–Kier alpha value is -3.30. The second-order valence-corrected chi connectivity index (χ2v) is 6.56. The van der Waals surface area contributed by atoms with E-state index in [9.17, 15) is 40.6 Å². The van der Waals surface area contributed by atoms with Crippen molar-refractivity contribution >= 4 is 5.78 Å². The normalized spacial score (nSPS) is 12.3. The number of hydrogen-bond acceptors (Lipinski definition) is 3. The third-order valence-electron chi connectivity index (χ3n) is 4.59. The first-order valence-corrected chi connectivity index (χ1v) is 8.77. The number of aromatic hydroxyl groups is 1. The van der Waals surface area contributed by atoms with Crippen LogP contribution >= 0.6 is 0 Å². The van der Waals surface area contributed by atoms with Gasteiger partial charge in [-0.3, -0.25) is 4.79 Å². The molecule has 31 heavy (non-hydrogen) atoms. The zero-order valence-electron chi connectivity index (χ0n) is 15.7. The lowest BCUT2D eigenvalue weighted by atomic mass is 9.94. The van der Waals surface area contributed by atoms with Crippen LogP contribution in [0, 0.1) is 5.82 Å². The van der Waals surface area contributed by atoms with Crippen molar-refractivity contribution in [3.8, 4) is 17.1 Å². The zero-order chi connectivity index (χ0) is 23.1. The molecule has 10 heteroatoms. The Bertz CT molecular complexity index is 1110. The summed E-state index contributed by atoms with van der Waals surface area (Å²) in [6.07, 6.45) is -9.29. The maximum atomic E-state index is 13.7. The lowest BCUT2D eigenvalue weighted by Gasteiger charge is -2.16. The summed E-state index contributed by atoms with van der Waals surface area (Å²) >= 11 is 0. The van der Waals surface area contributed by atoms with Crippen molar-refractivity contribution in [1.29, 1.82) is 0 Å². The summed E-state index contributed by atoms with van der Waals surface area (Å²) in [6, 6.07) is 4.97. The summed E-state index contributed by atoms with van der Waals surface area (Å²) in [5, 5.41) is 9.52. The van der Waals surface area contributed by atoms with Gasteiger partial charge in [0.05, 0.1) is 23.0 Å². The predicted octanol–water partition coefficient (Wildman–Crippen LogP) is 6.62. The van der Waals surface area contributed by atoms with Gasteiger partial charge in [-0.05, 0) is 42.3 Å². The van der Waals surface area contributed by atoms with Gasteiger partial charge in [-0.25, -0.2) is 4.39 Å². The number of phenolic OH excluding ortho intramolecular Hbond substituents is 1. The summed E-state index contributed by atoms with van der Waals surface area (Å²) in [5.41, 5.74) is -4.64. The fourth-order valence-corrected chi connectivity index (χ4v) is 3.12. The van der Waals surface area contributed by atoms with Crippen LogP contribution in [0.5, 0.6) is 5.75 Å². The highest BCUT2D eigenvalue weighted by Crippen LogP contribution is 2.44. The molecule has 0 aliphatic rings. The first kappa shape index (κ1) is 22.4. The van der Waals surface area contributed by atoms with Gasteiger partial charge in [0.1, 0.15) is 17.3 Å². The molecule has 1 heterocycles. The molecule has 0 saturated carbocycles. The highest BCUT2D eigenvalue weighted by atomic mass is 19.4. The number of benzene rings is 2. The number of furan rings is 1. The Balaban J connectivity index is 2.21. The summed E-state index contributed by atoms with van der Waals surface area (Å²) in [7, 11) is 0. The van der Waals surface area contributed by atoms with Crippen LogP contribution in [0.2, 0.25) is 0 Å². The van der Waals surface area contributed by atoms with E-state index in [-0.39, 0.29) is 29.0 Å². The maximum Gasteiger partial charge on any atom is 0.419 e. The van der Waals surface area contributed by atoms with E-state index < -0.39 is 46.4 Å². The highest BCUT2D eigenvalue weighted by molar-refractivity contribution is 6.12. The molecule has 0 amide bonds. The minimum atomic E-state index is -5.35. The van der Waals surface area contributed by atoms with Crippen molar-refractivity contribution in [2.75, 3.05) is 0 Å². The Labute approximate surface area is 170 Å². The van der Waals surface area contributed by atoms with Crippen molar-refractivity contribution in [3.63, 3.8) is 0 Å². The van der Waals surface area contributed by atoms with Gasteiger partial charge in [-0.2, -0.15) is 26.3 Å². The molecular formula is C21H13F7O3. The van der Waals surface area contributed by atoms with E-state index in [2.05, 4.69) is 0 Å². The van der Waals surface area contributed by atoms with E-state index in [0.717, 1.165) is 24.5 Å². The van der Waals surface area contributed by atoms with E-state index in [4.69, 9.17) is 4.42 Å². The van der Waals surface area contributed by atoms with Gasteiger partial charge in [0.2, 0.25) is 0 Å². The molecule has 0 bridgehead atoms. The van der Waals surface area contributed by atoms with E-state index >= 15 is 0 Å². The number of carbonyl (C=O) groups is 1. The van der Waals surface area contributed by atoms with E-state index in [0.29, 0.717) is 12.0 Å². The topological polar surface area (TPSA) is 50.4 Å². The average molecular weight is 446 g/mol. The van der Waals surface area contributed by atoms with Crippen molar-refractivity contribution in [1.82, 2.24) is 0 Å². The number of aryl methyl sites for hydroxylation is 1. The maximum absolute atomic E-state index is 13.7. The average Bonchev–Trinajstić information content (AvgIpc) is 3.15. The molecule has 0 atom stereocenters. The zero-order valence-corrected chi connectivity index (χ0v) is 15.7. The van der Waals surface area contributed by atoms with Crippen LogP contribution in [0.4, 0.5) is 30.7 Å². The van der Waals surface area contributed by atoms with Gasteiger partial charge in [-0.15, -0.1) is 0 Å². The van der Waals surface area contributed by atoms with Crippen LogP contribution in [0.1, 0.15) is 39.5 Å². The molecule has 0 aliphatic heterocycles. The molecule has 3 nitrogen and oxygen atoms in total. The molecule has 3 rings (SSSR count). The van der Waals surface area contributed by atoms with Crippen LogP contribution in [0.15, 0.2) is 47.1 Å². The van der Waals surface area contributed by atoms with Crippen molar-refractivity contribution in [3.05, 3.63) is 76.3 Å². The molecule has 0 fully saturated rings. The fraction of sp³-hybridized carbons (Fsp3) is 0.190. The van der Waals surface area contributed by atoms with Gasteiger partial charge in [0.25, 0.3) is 0 Å². The molecule has 1 N–H and O–H groups in total. The van der Waals surface area contributed by atoms with E-state index in [1.807, 2.05) is 0 Å². The summed E-state index contributed by atoms with van der Waals surface area (Å²) in [6.45, 7) is 1.73. The SMILES string of the molecule is CCc1ccc(F)cc1-c1occc1C(=O)c1cc(C(F)(F)F)c(O)c(C(F)(F)F)c1. The van der Waals surface area contributed by atoms with Crippen LogP contribution < -0.4 is 0 Å². The molecule has 0 saturated heterocycles. The lowest BCUT2D eigenvalue weighted by Crippen LogP contribution is -2.15. The molecule has 0 unspecified atom stereocenters. The summed E-state index contributed by atoms with van der Waals surface area (Å²) < 4.78 is 98.1. The van der Waals surface area contributed by atoms with Crippen molar-refractivity contribution < 1.29 is 45.1 Å². The minimum Gasteiger partial charge on any atom is -0.507 e. The van der Waals surface area contributed by atoms with Crippen LogP contribution in [0.3, 0.4) is 0 Å². The van der Waals surface area contributed by atoms with Gasteiger partial charge in [-0.1, -0.05) is 13.0 Å². The first-order chi connectivity index (χ1) is 14.3. The Morgan fingerprint density at radius 3 is 2.06 bits per heavy atom. The second-order valence-electron chi connectivity index (χ2n) is 6.56. The number of rotatable bonds is 4. The Morgan fingerprint density at radius 2 is 1.55 bits per heavy atom. The van der Waals surface area contributed by atoms with Gasteiger partial charge in [0.15, 0.2) is 5.78 Å². The predicted molar refractivity (Wildman–Crippen MR) is 95.0 cm³/mol. The quantitative estimate of drug-likeness (QED) is 0.362. The fourth-order valence-electron chi connectivity index (χ4n) is 3.12. The number of ketones is 1. The van der Waals surface area contributed by atoms with Gasteiger partial charge < -0.3 is 9.52 Å². The van der Waals surface area contributed by atoms with Crippen LogP contribution in [-0.4, -0.2) is 10.9 Å². The highest BCUT2D eigenvalue weighted by Gasteiger charge is 2.42. The molecule has 1 aromatic heterocycles. The Morgan fingerprint density at radius 1 is 0.968 bits per heavy atom. The first-order valence-electron chi connectivity index (χ1n) is 8.77. The smallest absolute Gasteiger partial charge is 0.419 e. The molecular weight excluding hydrogens is 433 g/mol. The minimum absolute atomic E-state index is 0.135. The van der Waals surface area contributed by atoms with Crippen molar-refractivity contribution in [2.45, 2.75) is 25.7 Å². The summed E-state index contributed by atoms with van der Waals surface area (Å²) in [4.78, 5) is 12.9. The second kappa shape index (κ2) is 7.75. The third-order valence-corrected chi connectivity index (χ3v) is 4.59. The number of halogens is 7. The standard InChI is InChI=1S/C21H13F7O3/c1-2-10-3-4-12(22)9-14(10)19-13(5-6-31-19)17(29)11-7-15(20(23,24)25)18(30)16(8-11)21(26,27)28/h3-9,30H,2H2,1H3. The van der Waals surface area contributed by atoms with Crippen LogP contribution in [0.25, 0.3) is 11.3 Å². The van der Waals surface area contributed by atoms with Crippen LogP contribution in [-0.2, 0) is 18.8 Å². The molecule has 0 aliphatic carbocycles. The monoisotopic (exact) mass is 446 g/mol.